The fourth-order valence-corrected chi connectivity index (χ4v) is 2.81. The molecule has 2 rings (SSSR count). The van der Waals surface area contributed by atoms with Crippen LogP contribution in [0.2, 0.25) is 0 Å². The molecule has 0 aliphatic carbocycles. The summed E-state index contributed by atoms with van der Waals surface area (Å²) in [6, 6.07) is 2.05. The lowest BCUT2D eigenvalue weighted by atomic mass is 10.1. The summed E-state index contributed by atoms with van der Waals surface area (Å²) in [6.07, 6.45) is 6.24. The minimum atomic E-state index is 0.0730. The number of carbonyl (C=O) groups excluding carboxylic acids is 1. The van der Waals surface area contributed by atoms with E-state index in [1.54, 1.807) is 12.3 Å². The highest BCUT2D eigenvalue weighted by atomic mass is 79.9. The Morgan fingerprint density at radius 1 is 1.56 bits per heavy atom. The highest BCUT2D eigenvalue weighted by molar-refractivity contribution is 9.09. The molecule has 1 aromatic rings. The van der Waals surface area contributed by atoms with Gasteiger partial charge in [0.1, 0.15) is 5.69 Å². The molecule has 4 nitrogen and oxygen atoms in total. The predicted octanol–water partition coefficient (Wildman–Crippen LogP) is 2.19. The Hall–Kier alpha value is -0.840. The van der Waals surface area contributed by atoms with Gasteiger partial charge in [-0.05, 0) is 18.9 Å². The summed E-state index contributed by atoms with van der Waals surface area (Å²) in [4.78, 5) is 14.2. The Bertz CT molecular complexity index is 339. The number of amides is 1. The number of nitrogens with one attached hydrogen (secondary N) is 1. The molecule has 1 fully saturated rings. The lowest BCUT2D eigenvalue weighted by molar-refractivity contribution is 0.0696. The molecule has 1 aliphatic heterocycles. The van der Waals surface area contributed by atoms with E-state index in [0.29, 0.717) is 11.7 Å². The number of likely N-dealkylation sites (tertiary alicyclic amines) is 1. The Morgan fingerprint density at radius 2 is 2.44 bits per heavy atom. The quantitative estimate of drug-likeness (QED) is 0.847. The Labute approximate surface area is 104 Å². The van der Waals surface area contributed by atoms with E-state index in [-0.39, 0.29) is 5.91 Å². The van der Waals surface area contributed by atoms with E-state index in [2.05, 4.69) is 26.1 Å². The number of halogens is 1. The van der Waals surface area contributed by atoms with Crippen LogP contribution in [0.3, 0.4) is 0 Å². The fraction of sp³-hybridized carbons (Fsp3) is 0.636. The molecule has 2 heterocycles. The maximum Gasteiger partial charge on any atom is 0.272 e. The molecule has 1 aromatic heterocycles. The topological polar surface area (TPSA) is 49.0 Å². The van der Waals surface area contributed by atoms with E-state index in [4.69, 9.17) is 0 Å². The van der Waals surface area contributed by atoms with Gasteiger partial charge in [-0.3, -0.25) is 9.89 Å². The van der Waals surface area contributed by atoms with Crippen LogP contribution in [0.15, 0.2) is 12.3 Å². The van der Waals surface area contributed by atoms with Gasteiger partial charge in [0.2, 0.25) is 0 Å². The van der Waals surface area contributed by atoms with E-state index in [1.807, 2.05) is 4.90 Å². The maximum absolute atomic E-state index is 12.2. The van der Waals surface area contributed by atoms with Gasteiger partial charge in [-0.2, -0.15) is 5.10 Å². The van der Waals surface area contributed by atoms with Crippen LogP contribution >= 0.6 is 15.9 Å². The van der Waals surface area contributed by atoms with Crippen molar-refractivity contribution >= 4 is 21.8 Å². The van der Waals surface area contributed by atoms with Crippen LogP contribution in [-0.2, 0) is 0 Å². The molecule has 88 valence electrons. The second kappa shape index (κ2) is 5.48. The Kier molecular flexibility index (Phi) is 3.98. The van der Waals surface area contributed by atoms with Crippen molar-refractivity contribution in [2.24, 2.45) is 0 Å². The zero-order valence-electron chi connectivity index (χ0n) is 9.16. The molecular formula is C11H16BrN3O. The van der Waals surface area contributed by atoms with Gasteiger partial charge in [0.15, 0.2) is 0 Å². The van der Waals surface area contributed by atoms with Gasteiger partial charge in [-0.15, -0.1) is 0 Å². The van der Waals surface area contributed by atoms with E-state index >= 15 is 0 Å². The van der Waals surface area contributed by atoms with Gasteiger partial charge in [0, 0.05) is 24.1 Å². The first kappa shape index (κ1) is 11.6. The first-order valence-corrected chi connectivity index (χ1v) is 6.81. The third kappa shape index (κ3) is 2.45. The van der Waals surface area contributed by atoms with Crippen LogP contribution in [0.1, 0.15) is 36.2 Å². The average Bonchev–Trinajstić information content (AvgIpc) is 2.73. The normalized spacial score (nSPS) is 21.8. The number of rotatable bonds is 2. The number of H-pyrrole nitrogens is 1. The van der Waals surface area contributed by atoms with Gasteiger partial charge >= 0.3 is 0 Å². The van der Waals surface area contributed by atoms with Crippen molar-refractivity contribution in [3.05, 3.63) is 18.0 Å². The van der Waals surface area contributed by atoms with E-state index < -0.39 is 0 Å². The molecule has 0 spiro atoms. The molecule has 0 aromatic carbocycles. The minimum Gasteiger partial charge on any atom is -0.334 e. The summed E-state index contributed by atoms with van der Waals surface area (Å²) in [5.74, 6) is 0.0730. The second-order valence-electron chi connectivity index (χ2n) is 4.13. The molecule has 1 unspecified atom stereocenters. The number of hydrogen-bond acceptors (Lipinski definition) is 2. The first-order valence-electron chi connectivity index (χ1n) is 5.69. The number of alkyl halides is 1. The van der Waals surface area contributed by atoms with Gasteiger partial charge in [-0.1, -0.05) is 28.8 Å². The zero-order chi connectivity index (χ0) is 11.4. The molecule has 1 saturated heterocycles. The van der Waals surface area contributed by atoms with Crippen LogP contribution in [0.5, 0.6) is 0 Å². The molecule has 1 N–H and O–H groups in total. The molecule has 0 radical (unpaired) electrons. The highest BCUT2D eigenvalue weighted by Crippen LogP contribution is 2.20. The monoisotopic (exact) mass is 285 g/mol. The van der Waals surface area contributed by atoms with Crippen molar-refractivity contribution in [3.8, 4) is 0 Å². The predicted molar refractivity (Wildman–Crippen MR) is 65.7 cm³/mol. The number of aromatic amines is 1. The second-order valence-corrected chi connectivity index (χ2v) is 4.77. The number of hydrogen-bond donors (Lipinski definition) is 1. The largest absolute Gasteiger partial charge is 0.334 e. The molecule has 0 bridgehead atoms. The van der Waals surface area contributed by atoms with Crippen molar-refractivity contribution in [2.45, 2.75) is 31.7 Å². The standard InChI is InChI=1S/C11H16BrN3O/c12-8-9-4-2-1-3-7-15(9)11(16)10-5-6-13-14-10/h5-6,9H,1-4,7-8H2,(H,13,14). The Morgan fingerprint density at radius 3 is 3.12 bits per heavy atom. The number of carbonyl (C=O) groups is 1. The molecule has 16 heavy (non-hydrogen) atoms. The van der Waals surface area contributed by atoms with Crippen LogP contribution in [0, 0.1) is 0 Å². The lowest BCUT2D eigenvalue weighted by Gasteiger charge is -2.28. The van der Waals surface area contributed by atoms with E-state index in [9.17, 15) is 4.79 Å². The SMILES string of the molecule is O=C(c1ccn[nH]1)N1CCCCCC1CBr. The van der Waals surface area contributed by atoms with Crippen LogP contribution < -0.4 is 0 Å². The summed E-state index contributed by atoms with van der Waals surface area (Å²) in [6.45, 7) is 0.855. The molecule has 0 saturated carbocycles. The maximum atomic E-state index is 12.2. The van der Waals surface area contributed by atoms with Gasteiger partial charge in [0.25, 0.3) is 5.91 Å². The highest BCUT2D eigenvalue weighted by Gasteiger charge is 2.25. The summed E-state index contributed by atoms with van der Waals surface area (Å²) >= 11 is 3.50. The van der Waals surface area contributed by atoms with Crippen LogP contribution in [-0.4, -0.2) is 38.9 Å². The Balaban J connectivity index is 2.13. The summed E-state index contributed by atoms with van der Waals surface area (Å²) in [5.41, 5.74) is 0.591. The molecule has 1 atom stereocenters. The van der Waals surface area contributed by atoms with E-state index in [0.717, 1.165) is 24.7 Å². The zero-order valence-corrected chi connectivity index (χ0v) is 10.7. The van der Waals surface area contributed by atoms with Gasteiger partial charge in [0.05, 0.1) is 0 Å². The fourth-order valence-electron chi connectivity index (χ4n) is 2.13. The molecule has 1 amide bonds. The van der Waals surface area contributed by atoms with Crippen molar-refractivity contribution in [3.63, 3.8) is 0 Å². The van der Waals surface area contributed by atoms with Crippen molar-refractivity contribution in [2.75, 3.05) is 11.9 Å². The van der Waals surface area contributed by atoms with Crippen molar-refractivity contribution in [1.82, 2.24) is 15.1 Å². The van der Waals surface area contributed by atoms with E-state index in [1.165, 1.54) is 12.8 Å². The first-order chi connectivity index (χ1) is 7.83. The summed E-state index contributed by atoms with van der Waals surface area (Å²) in [7, 11) is 0. The van der Waals surface area contributed by atoms with Crippen LogP contribution in [0.25, 0.3) is 0 Å². The molecule has 1 aliphatic rings. The van der Waals surface area contributed by atoms with Crippen molar-refractivity contribution < 1.29 is 4.79 Å². The summed E-state index contributed by atoms with van der Waals surface area (Å²) < 4.78 is 0. The smallest absolute Gasteiger partial charge is 0.272 e. The third-order valence-corrected chi connectivity index (χ3v) is 3.79. The average molecular weight is 286 g/mol. The van der Waals surface area contributed by atoms with Gasteiger partial charge < -0.3 is 4.90 Å². The molecular weight excluding hydrogens is 270 g/mol. The molecule has 5 heteroatoms. The van der Waals surface area contributed by atoms with Crippen LogP contribution in [0.4, 0.5) is 0 Å². The lowest BCUT2D eigenvalue weighted by Crippen LogP contribution is -2.41. The number of aromatic nitrogens is 2. The van der Waals surface area contributed by atoms with Gasteiger partial charge in [-0.25, -0.2) is 0 Å². The third-order valence-electron chi connectivity index (χ3n) is 3.05. The minimum absolute atomic E-state index is 0.0730. The summed E-state index contributed by atoms with van der Waals surface area (Å²) in [5, 5.41) is 7.42. The number of nitrogens with zero attached hydrogens (tertiary/aromatic N) is 2. The van der Waals surface area contributed by atoms with Crippen molar-refractivity contribution in [1.29, 1.82) is 0 Å².